The largest absolute Gasteiger partial charge is 0.454 e. The first kappa shape index (κ1) is 13.1. The second-order valence-electron chi connectivity index (χ2n) is 4.86. The summed E-state index contributed by atoms with van der Waals surface area (Å²) in [4.78, 5) is 16.8. The van der Waals surface area contributed by atoms with Crippen molar-refractivity contribution in [1.82, 2.24) is 9.72 Å². The van der Waals surface area contributed by atoms with Crippen LogP contribution in [0.25, 0.3) is 10.2 Å². The molecule has 0 N–H and O–H groups in total. The van der Waals surface area contributed by atoms with Crippen LogP contribution in [0.5, 0.6) is 11.5 Å². The first-order valence-electron chi connectivity index (χ1n) is 6.53. The second kappa shape index (κ2) is 4.70. The Bertz CT molecular complexity index is 966. The number of amides is 1. The first-order chi connectivity index (χ1) is 10.6. The molecule has 7 nitrogen and oxygen atoms in total. The van der Waals surface area contributed by atoms with Gasteiger partial charge in [0.1, 0.15) is 5.76 Å². The Morgan fingerprint density at radius 1 is 1.32 bits per heavy atom. The van der Waals surface area contributed by atoms with Crippen LogP contribution in [0.1, 0.15) is 16.2 Å². The van der Waals surface area contributed by atoms with Crippen LogP contribution < -0.4 is 14.3 Å². The number of fused-ring (bicyclic) bond motifs is 2. The number of hydrogen-bond acceptors (Lipinski definition) is 6. The van der Waals surface area contributed by atoms with E-state index in [0.717, 1.165) is 10.2 Å². The van der Waals surface area contributed by atoms with Gasteiger partial charge >= 0.3 is 5.91 Å². The smallest absolute Gasteiger partial charge is 0.301 e. The van der Waals surface area contributed by atoms with E-state index in [9.17, 15) is 4.79 Å². The highest BCUT2D eigenvalue weighted by Crippen LogP contribution is 2.36. The van der Waals surface area contributed by atoms with E-state index in [1.165, 1.54) is 11.3 Å². The molecule has 4 rings (SSSR count). The zero-order valence-corrected chi connectivity index (χ0v) is 12.6. The predicted octanol–water partition coefficient (Wildman–Crippen LogP) is 2.01. The van der Waals surface area contributed by atoms with E-state index in [2.05, 4.69) is 10.1 Å². The lowest BCUT2D eigenvalue weighted by Crippen LogP contribution is -2.13. The molecule has 0 saturated heterocycles. The molecule has 112 valence electrons. The summed E-state index contributed by atoms with van der Waals surface area (Å²) in [7, 11) is 1.85. The molecule has 0 bridgehead atoms. The molecule has 1 aliphatic rings. The summed E-state index contributed by atoms with van der Waals surface area (Å²) in [6.45, 7) is 1.96. The second-order valence-corrected chi connectivity index (χ2v) is 5.87. The quantitative estimate of drug-likeness (QED) is 0.686. The Morgan fingerprint density at radius 2 is 2.09 bits per heavy atom. The van der Waals surface area contributed by atoms with Crippen molar-refractivity contribution in [3.05, 3.63) is 34.5 Å². The normalized spacial score (nSPS) is 14.0. The molecule has 0 fully saturated rings. The van der Waals surface area contributed by atoms with E-state index in [-0.39, 0.29) is 12.5 Å². The number of ether oxygens (including phenoxy) is 2. The maximum atomic E-state index is 12.1. The van der Waals surface area contributed by atoms with Gasteiger partial charge in [0.2, 0.25) is 6.79 Å². The van der Waals surface area contributed by atoms with Gasteiger partial charge in [-0.05, 0) is 6.92 Å². The fourth-order valence-corrected chi connectivity index (χ4v) is 3.26. The van der Waals surface area contributed by atoms with Crippen LogP contribution in [0, 0.1) is 6.92 Å². The summed E-state index contributed by atoms with van der Waals surface area (Å²) in [5.41, 5.74) is 1.13. The van der Waals surface area contributed by atoms with Gasteiger partial charge in [0.25, 0.3) is 0 Å². The van der Waals surface area contributed by atoms with Crippen molar-refractivity contribution in [3.63, 3.8) is 0 Å². The van der Waals surface area contributed by atoms with Crippen LogP contribution in [0.15, 0.2) is 27.7 Å². The summed E-state index contributed by atoms with van der Waals surface area (Å²) in [5.74, 6) is 1.55. The Hall–Kier alpha value is -2.61. The molecule has 1 aliphatic heterocycles. The Morgan fingerprint density at radius 3 is 2.82 bits per heavy atom. The van der Waals surface area contributed by atoms with E-state index in [0.29, 0.717) is 22.1 Å². The average molecular weight is 317 g/mol. The molecule has 1 aromatic carbocycles. The van der Waals surface area contributed by atoms with Crippen molar-refractivity contribution >= 4 is 27.5 Å². The van der Waals surface area contributed by atoms with E-state index < -0.39 is 5.91 Å². The van der Waals surface area contributed by atoms with Crippen molar-refractivity contribution in [2.45, 2.75) is 6.92 Å². The van der Waals surface area contributed by atoms with E-state index in [4.69, 9.17) is 14.0 Å². The maximum Gasteiger partial charge on any atom is 0.301 e. The van der Waals surface area contributed by atoms with Crippen molar-refractivity contribution in [3.8, 4) is 11.5 Å². The van der Waals surface area contributed by atoms with Gasteiger partial charge in [0, 0.05) is 25.2 Å². The number of carbonyl (C=O) groups is 1. The fraction of sp³-hybridized carbons (Fsp3) is 0.214. The predicted molar refractivity (Wildman–Crippen MR) is 78.1 cm³/mol. The zero-order valence-electron chi connectivity index (χ0n) is 11.8. The number of aromatic nitrogens is 2. The molecule has 0 atom stereocenters. The lowest BCUT2D eigenvalue weighted by molar-refractivity contribution is 0.0989. The summed E-state index contributed by atoms with van der Waals surface area (Å²) >= 11 is 1.40. The van der Waals surface area contributed by atoms with Gasteiger partial charge in [-0.1, -0.05) is 16.5 Å². The van der Waals surface area contributed by atoms with Crippen molar-refractivity contribution in [1.29, 1.82) is 0 Å². The molecule has 3 aromatic rings. The van der Waals surface area contributed by atoms with E-state index >= 15 is 0 Å². The molecule has 1 amide bonds. The van der Waals surface area contributed by atoms with E-state index in [1.807, 2.05) is 23.7 Å². The Labute approximate surface area is 128 Å². The van der Waals surface area contributed by atoms with Gasteiger partial charge in [-0.15, -0.1) is 0 Å². The standard InChI is InChI=1S/C14H11N3O4S/c1-7-3-8(16-21-7)13(18)15-14-17(2)9-4-10-11(20-6-19-10)5-12(9)22-14/h3-5H,6H2,1-2H3. The SMILES string of the molecule is Cc1cc(C(=O)N=c2sc3cc4c(cc3n2C)OCO4)no1. The van der Waals surface area contributed by atoms with Crippen LogP contribution in [-0.2, 0) is 7.05 Å². The molecular weight excluding hydrogens is 306 g/mol. The van der Waals surface area contributed by atoms with Gasteiger partial charge in [-0.3, -0.25) is 4.79 Å². The highest BCUT2D eigenvalue weighted by Gasteiger charge is 2.17. The van der Waals surface area contributed by atoms with Gasteiger partial charge < -0.3 is 18.6 Å². The minimum Gasteiger partial charge on any atom is -0.454 e. The Balaban J connectivity index is 1.83. The van der Waals surface area contributed by atoms with E-state index in [1.54, 1.807) is 13.0 Å². The van der Waals surface area contributed by atoms with Gasteiger partial charge in [-0.25, -0.2) is 0 Å². The number of aryl methyl sites for hydroxylation is 2. The molecule has 0 radical (unpaired) electrons. The first-order valence-corrected chi connectivity index (χ1v) is 7.35. The van der Waals surface area contributed by atoms with Crippen LogP contribution >= 0.6 is 11.3 Å². The minimum atomic E-state index is -0.431. The van der Waals surface area contributed by atoms with Crippen LogP contribution in [0.3, 0.4) is 0 Å². The van der Waals surface area contributed by atoms with Crippen LogP contribution in [-0.4, -0.2) is 22.4 Å². The summed E-state index contributed by atoms with van der Waals surface area (Å²) in [5, 5.41) is 3.68. The molecular formula is C14H11N3O4S. The maximum absolute atomic E-state index is 12.1. The van der Waals surface area contributed by atoms with Crippen molar-refractivity contribution < 1.29 is 18.8 Å². The number of benzene rings is 1. The molecule has 0 saturated carbocycles. The van der Waals surface area contributed by atoms with Gasteiger partial charge in [0.05, 0.1) is 10.2 Å². The summed E-state index contributed by atoms with van der Waals surface area (Å²) in [6.07, 6.45) is 0. The lowest BCUT2D eigenvalue weighted by atomic mass is 10.3. The molecule has 8 heteroatoms. The molecule has 2 aromatic heterocycles. The summed E-state index contributed by atoms with van der Waals surface area (Å²) in [6, 6.07) is 5.35. The minimum absolute atomic E-state index is 0.198. The van der Waals surface area contributed by atoms with Crippen LogP contribution in [0.2, 0.25) is 0 Å². The third-order valence-corrected chi connectivity index (χ3v) is 4.44. The number of hydrogen-bond donors (Lipinski definition) is 0. The molecule has 3 heterocycles. The summed E-state index contributed by atoms with van der Waals surface area (Å²) < 4.78 is 18.4. The molecule has 0 unspecified atom stereocenters. The van der Waals surface area contributed by atoms with Crippen LogP contribution in [0.4, 0.5) is 0 Å². The lowest BCUT2D eigenvalue weighted by Gasteiger charge is -1.97. The highest BCUT2D eigenvalue weighted by atomic mass is 32.1. The molecule has 22 heavy (non-hydrogen) atoms. The topological polar surface area (TPSA) is 78.9 Å². The molecule has 0 aliphatic carbocycles. The van der Waals surface area contributed by atoms with Gasteiger partial charge in [-0.2, -0.15) is 4.99 Å². The third kappa shape index (κ3) is 2.00. The number of carbonyl (C=O) groups excluding carboxylic acids is 1. The Kier molecular flexibility index (Phi) is 2.80. The number of rotatable bonds is 1. The monoisotopic (exact) mass is 317 g/mol. The van der Waals surface area contributed by atoms with Crippen molar-refractivity contribution in [2.24, 2.45) is 12.0 Å². The molecule has 0 spiro atoms. The highest BCUT2D eigenvalue weighted by molar-refractivity contribution is 7.16. The fourth-order valence-electron chi connectivity index (χ4n) is 2.24. The number of nitrogens with zero attached hydrogens (tertiary/aromatic N) is 3. The average Bonchev–Trinajstić information content (AvgIpc) is 3.18. The third-order valence-electron chi connectivity index (χ3n) is 3.35. The van der Waals surface area contributed by atoms with Gasteiger partial charge in [0.15, 0.2) is 22.0 Å². The number of thiazole rings is 1. The van der Waals surface area contributed by atoms with Crippen molar-refractivity contribution in [2.75, 3.05) is 6.79 Å². The zero-order chi connectivity index (χ0) is 15.3.